The molecule has 1 aromatic rings. The molecule has 0 bridgehead atoms. The van der Waals surface area contributed by atoms with Gasteiger partial charge in [-0.3, -0.25) is 0 Å². The topological polar surface area (TPSA) is 16.1 Å². The van der Waals surface area contributed by atoms with Crippen LogP contribution in [0.15, 0.2) is 18.2 Å². The van der Waals surface area contributed by atoms with Crippen LogP contribution in [0.5, 0.6) is 0 Å². The summed E-state index contributed by atoms with van der Waals surface area (Å²) in [4.78, 5) is 6.82. The highest BCUT2D eigenvalue weighted by atomic mass is 35.5. The molecule has 0 aliphatic carbocycles. The van der Waals surface area contributed by atoms with Crippen LogP contribution in [0, 0.1) is 6.92 Å². The van der Waals surface area contributed by atoms with E-state index < -0.39 is 0 Å². The molecule has 76 valence electrons. The molecule has 2 nitrogen and oxygen atoms in total. The van der Waals surface area contributed by atoms with Crippen molar-refractivity contribution in [2.75, 3.05) is 18.0 Å². The predicted octanol–water partition coefficient (Wildman–Crippen LogP) is 2.60. The number of nitrogens with zero attached hydrogens (tertiary/aromatic N) is 2. The second kappa shape index (κ2) is 4.18. The summed E-state index contributed by atoms with van der Waals surface area (Å²) in [5.41, 5.74) is 1.08. The van der Waals surface area contributed by atoms with Crippen molar-refractivity contribution < 1.29 is 0 Å². The minimum absolute atomic E-state index is 0.357. The van der Waals surface area contributed by atoms with E-state index in [9.17, 15) is 0 Å². The summed E-state index contributed by atoms with van der Waals surface area (Å²) in [6, 6.07) is 6.16. The van der Waals surface area contributed by atoms with Crippen molar-refractivity contribution >= 4 is 17.4 Å². The van der Waals surface area contributed by atoms with Gasteiger partial charge < -0.3 is 4.90 Å². The highest BCUT2D eigenvalue weighted by molar-refractivity contribution is 6.20. The normalized spacial score (nSPS) is 18.6. The van der Waals surface area contributed by atoms with E-state index in [1.807, 2.05) is 13.0 Å². The minimum Gasteiger partial charge on any atom is -0.357 e. The fourth-order valence-electron chi connectivity index (χ4n) is 1.78. The van der Waals surface area contributed by atoms with Crippen LogP contribution < -0.4 is 4.90 Å². The molecule has 2 rings (SSSR count). The van der Waals surface area contributed by atoms with Crippen molar-refractivity contribution in [3.05, 3.63) is 23.9 Å². The minimum atomic E-state index is 0.357. The molecule has 3 heteroatoms. The Hall–Kier alpha value is -0.760. The van der Waals surface area contributed by atoms with Crippen molar-refractivity contribution in [3.63, 3.8) is 0 Å². The van der Waals surface area contributed by atoms with E-state index in [-0.39, 0.29) is 0 Å². The molecule has 0 aromatic carbocycles. The number of anilines is 1. The summed E-state index contributed by atoms with van der Waals surface area (Å²) in [6.07, 6.45) is 2.13. The lowest BCUT2D eigenvalue weighted by molar-refractivity contribution is 0.580. The van der Waals surface area contributed by atoms with Crippen LogP contribution in [0.25, 0.3) is 0 Å². The second-order valence-corrected chi connectivity index (χ2v) is 4.42. The molecule has 0 radical (unpaired) electrons. The first-order valence-corrected chi connectivity index (χ1v) is 5.52. The van der Waals surface area contributed by atoms with Gasteiger partial charge in [-0.15, -0.1) is 11.6 Å². The Labute approximate surface area is 89.9 Å². The first-order chi connectivity index (χ1) is 6.75. The first kappa shape index (κ1) is 9.78. The zero-order valence-corrected chi connectivity index (χ0v) is 9.17. The van der Waals surface area contributed by atoms with E-state index in [1.165, 1.54) is 0 Å². The van der Waals surface area contributed by atoms with E-state index >= 15 is 0 Å². The first-order valence-electron chi connectivity index (χ1n) is 5.08. The SMILES string of the molecule is Cc1cccc(N2CCC(Cl)CC2)n1. The molecule has 0 saturated carbocycles. The van der Waals surface area contributed by atoms with Crippen LogP contribution in [0.2, 0.25) is 0 Å². The molecule has 0 atom stereocenters. The lowest BCUT2D eigenvalue weighted by Gasteiger charge is -2.30. The monoisotopic (exact) mass is 210 g/mol. The number of rotatable bonds is 1. The summed E-state index contributed by atoms with van der Waals surface area (Å²) in [5.74, 6) is 1.09. The van der Waals surface area contributed by atoms with E-state index in [1.54, 1.807) is 0 Å². The highest BCUT2D eigenvalue weighted by Gasteiger charge is 2.17. The van der Waals surface area contributed by atoms with Gasteiger partial charge in [-0.05, 0) is 31.9 Å². The molecule has 1 aliphatic rings. The fourth-order valence-corrected chi connectivity index (χ4v) is 1.98. The van der Waals surface area contributed by atoms with Crippen LogP contribution in [0.3, 0.4) is 0 Å². The average Bonchev–Trinajstić information content (AvgIpc) is 2.19. The Bertz CT molecular complexity index is 306. The summed E-state index contributed by atoms with van der Waals surface area (Å²) >= 11 is 6.05. The number of pyridine rings is 1. The zero-order chi connectivity index (χ0) is 9.97. The standard InChI is InChI=1S/C11H15ClN2/c1-9-3-2-4-11(13-9)14-7-5-10(12)6-8-14/h2-4,10H,5-8H2,1H3. The molecule has 1 saturated heterocycles. The van der Waals surface area contributed by atoms with Crippen LogP contribution in [-0.2, 0) is 0 Å². The number of aromatic nitrogens is 1. The van der Waals surface area contributed by atoms with Gasteiger partial charge in [0.1, 0.15) is 5.82 Å². The van der Waals surface area contributed by atoms with E-state index in [4.69, 9.17) is 11.6 Å². The molecule has 1 fully saturated rings. The van der Waals surface area contributed by atoms with Crippen molar-refractivity contribution in [3.8, 4) is 0 Å². The number of aryl methyl sites for hydroxylation is 1. The van der Waals surface area contributed by atoms with Gasteiger partial charge in [0.25, 0.3) is 0 Å². The number of hydrogen-bond acceptors (Lipinski definition) is 2. The largest absolute Gasteiger partial charge is 0.357 e. The molecule has 0 spiro atoms. The van der Waals surface area contributed by atoms with Crippen molar-refractivity contribution in [2.45, 2.75) is 25.1 Å². The Morgan fingerprint density at radius 3 is 2.71 bits per heavy atom. The maximum Gasteiger partial charge on any atom is 0.128 e. The second-order valence-electron chi connectivity index (χ2n) is 3.80. The maximum absolute atomic E-state index is 6.05. The molecular formula is C11H15ClN2. The van der Waals surface area contributed by atoms with Gasteiger partial charge in [0, 0.05) is 24.2 Å². The Morgan fingerprint density at radius 1 is 1.36 bits per heavy atom. The Morgan fingerprint density at radius 2 is 2.07 bits per heavy atom. The van der Waals surface area contributed by atoms with Gasteiger partial charge >= 0.3 is 0 Å². The van der Waals surface area contributed by atoms with Crippen LogP contribution in [0.1, 0.15) is 18.5 Å². The summed E-state index contributed by atoms with van der Waals surface area (Å²) in [5, 5.41) is 0.357. The Kier molecular flexibility index (Phi) is 2.92. The molecular weight excluding hydrogens is 196 g/mol. The van der Waals surface area contributed by atoms with Gasteiger partial charge in [0.2, 0.25) is 0 Å². The average molecular weight is 211 g/mol. The van der Waals surface area contributed by atoms with Gasteiger partial charge in [0.15, 0.2) is 0 Å². The lowest BCUT2D eigenvalue weighted by atomic mass is 10.1. The van der Waals surface area contributed by atoms with Crippen LogP contribution in [0.4, 0.5) is 5.82 Å². The molecule has 0 amide bonds. The van der Waals surface area contributed by atoms with Crippen LogP contribution >= 0.6 is 11.6 Å². The lowest BCUT2D eigenvalue weighted by Crippen LogP contribution is -2.34. The number of piperidine rings is 1. The number of halogens is 1. The quantitative estimate of drug-likeness (QED) is 0.663. The van der Waals surface area contributed by atoms with E-state index in [0.717, 1.165) is 37.4 Å². The van der Waals surface area contributed by atoms with Crippen molar-refractivity contribution in [1.29, 1.82) is 0 Å². The third-order valence-corrected chi connectivity index (χ3v) is 3.06. The fraction of sp³-hybridized carbons (Fsp3) is 0.545. The van der Waals surface area contributed by atoms with E-state index in [0.29, 0.717) is 5.38 Å². The smallest absolute Gasteiger partial charge is 0.128 e. The zero-order valence-electron chi connectivity index (χ0n) is 8.41. The third-order valence-electron chi connectivity index (χ3n) is 2.62. The van der Waals surface area contributed by atoms with Gasteiger partial charge in [-0.25, -0.2) is 4.98 Å². The molecule has 1 aromatic heterocycles. The predicted molar refractivity (Wildman–Crippen MR) is 60.1 cm³/mol. The van der Waals surface area contributed by atoms with Gasteiger partial charge in [-0.1, -0.05) is 6.07 Å². The third kappa shape index (κ3) is 2.18. The van der Waals surface area contributed by atoms with E-state index in [2.05, 4.69) is 22.0 Å². The number of alkyl halides is 1. The molecule has 0 N–H and O–H groups in total. The Balaban J connectivity index is 2.08. The van der Waals surface area contributed by atoms with Gasteiger partial charge in [-0.2, -0.15) is 0 Å². The maximum atomic E-state index is 6.05. The summed E-state index contributed by atoms with van der Waals surface area (Å²) < 4.78 is 0. The molecule has 14 heavy (non-hydrogen) atoms. The highest BCUT2D eigenvalue weighted by Crippen LogP contribution is 2.20. The number of hydrogen-bond donors (Lipinski definition) is 0. The molecule has 1 aliphatic heterocycles. The van der Waals surface area contributed by atoms with Crippen molar-refractivity contribution in [1.82, 2.24) is 4.98 Å². The van der Waals surface area contributed by atoms with Crippen LogP contribution in [-0.4, -0.2) is 23.5 Å². The van der Waals surface area contributed by atoms with Crippen molar-refractivity contribution in [2.24, 2.45) is 0 Å². The summed E-state index contributed by atoms with van der Waals surface area (Å²) in [7, 11) is 0. The van der Waals surface area contributed by atoms with Gasteiger partial charge in [0.05, 0.1) is 0 Å². The molecule has 2 heterocycles. The molecule has 0 unspecified atom stereocenters. The summed E-state index contributed by atoms with van der Waals surface area (Å²) in [6.45, 7) is 4.09.